The van der Waals surface area contributed by atoms with Gasteiger partial charge in [0.05, 0.1) is 0 Å². The molecule has 0 radical (unpaired) electrons. The van der Waals surface area contributed by atoms with E-state index in [0.717, 1.165) is 19.3 Å². The fourth-order valence-corrected chi connectivity index (χ4v) is 6.29. The van der Waals surface area contributed by atoms with Crippen molar-refractivity contribution in [1.29, 1.82) is 0 Å². The summed E-state index contributed by atoms with van der Waals surface area (Å²) in [5.74, 6) is -4.76. The van der Waals surface area contributed by atoms with Crippen molar-refractivity contribution in [3.63, 3.8) is 0 Å². The molecule has 0 aromatic heterocycles. The van der Waals surface area contributed by atoms with Crippen LogP contribution in [0.5, 0.6) is 0 Å². The molecule has 0 aliphatic heterocycles. The lowest BCUT2D eigenvalue weighted by molar-refractivity contribution is -0.251. The van der Waals surface area contributed by atoms with Gasteiger partial charge in [0, 0.05) is 6.61 Å². The second-order valence-corrected chi connectivity index (χ2v) is 10.2. The van der Waals surface area contributed by atoms with Crippen LogP contribution in [0.25, 0.3) is 0 Å². The van der Waals surface area contributed by atoms with Crippen molar-refractivity contribution in [3.05, 3.63) is 60.7 Å². The summed E-state index contributed by atoms with van der Waals surface area (Å²) in [6.07, 6.45) is -6.60. The zero-order valence-corrected chi connectivity index (χ0v) is 18.2. The van der Waals surface area contributed by atoms with E-state index >= 15 is 0 Å². The van der Waals surface area contributed by atoms with Gasteiger partial charge in [-0.3, -0.25) is 0 Å². The van der Waals surface area contributed by atoms with E-state index in [1.165, 1.54) is 0 Å². The summed E-state index contributed by atoms with van der Waals surface area (Å²) < 4.78 is 91.1. The van der Waals surface area contributed by atoms with E-state index < -0.39 is 33.4 Å². The van der Waals surface area contributed by atoms with E-state index in [2.05, 4.69) is 0 Å². The topological polar surface area (TPSA) is 18.5 Å². The normalized spacial score (nSPS) is 13.9. The standard InChI is InChI=1S/C22H26F6O2Si/c1-2-3-4-11-16-29-31(18-12-7-5-8-13-18,19-14-9-6-10-15-19)30-17-21(24,25)20(23)22(26,27)28/h5-10,12-15,20H,2-4,11,16-17H2,1H3. The third-order valence-corrected chi connectivity index (χ3v) is 8.09. The van der Waals surface area contributed by atoms with Crippen LogP contribution >= 0.6 is 0 Å². The van der Waals surface area contributed by atoms with Gasteiger partial charge in [-0.05, 0) is 16.8 Å². The van der Waals surface area contributed by atoms with Crippen molar-refractivity contribution in [2.24, 2.45) is 0 Å². The molecule has 0 spiro atoms. The zero-order chi connectivity index (χ0) is 23.0. The molecular formula is C22H26F6O2Si. The molecule has 2 rings (SSSR count). The largest absolute Gasteiger partial charge is 0.425 e. The maximum Gasteiger partial charge on any atom is 0.425 e. The molecule has 1 unspecified atom stereocenters. The molecule has 0 N–H and O–H groups in total. The first-order chi connectivity index (χ1) is 14.6. The number of unbranched alkanes of at least 4 members (excludes halogenated alkanes) is 3. The molecule has 0 bridgehead atoms. The highest BCUT2D eigenvalue weighted by Gasteiger charge is 2.58. The lowest BCUT2D eigenvalue weighted by Gasteiger charge is -2.34. The minimum atomic E-state index is -5.70. The molecule has 0 saturated heterocycles. The molecule has 2 aromatic rings. The summed E-state index contributed by atoms with van der Waals surface area (Å²) in [6, 6.07) is 16.6. The van der Waals surface area contributed by atoms with Gasteiger partial charge in [0.25, 0.3) is 6.17 Å². The maximum absolute atomic E-state index is 14.1. The zero-order valence-electron chi connectivity index (χ0n) is 17.2. The molecule has 0 heterocycles. The molecule has 0 fully saturated rings. The van der Waals surface area contributed by atoms with Crippen LogP contribution in [-0.2, 0) is 8.85 Å². The quantitative estimate of drug-likeness (QED) is 0.238. The number of rotatable bonds is 12. The summed E-state index contributed by atoms with van der Waals surface area (Å²) in [6.45, 7) is 0.464. The van der Waals surface area contributed by atoms with Gasteiger partial charge in [-0.25, -0.2) is 13.2 Å². The van der Waals surface area contributed by atoms with Crippen molar-refractivity contribution < 1.29 is 35.2 Å². The summed E-state index contributed by atoms with van der Waals surface area (Å²) in [7, 11) is -3.84. The van der Waals surface area contributed by atoms with Crippen LogP contribution in [0.3, 0.4) is 0 Å². The van der Waals surface area contributed by atoms with Crippen molar-refractivity contribution in [1.82, 2.24) is 0 Å². The SMILES string of the molecule is CCCCCCO[Si](OCC(F)(F)C(F)C(F)(F)F)(c1ccccc1)c1ccccc1. The van der Waals surface area contributed by atoms with Crippen LogP contribution in [0.1, 0.15) is 32.6 Å². The molecule has 0 saturated carbocycles. The Kier molecular flexibility index (Phi) is 9.14. The molecule has 9 heteroatoms. The molecule has 0 aliphatic rings. The van der Waals surface area contributed by atoms with Gasteiger partial charge in [0.2, 0.25) is 0 Å². The second kappa shape index (κ2) is 11.1. The molecule has 31 heavy (non-hydrogen) atoms. The fraction of sp³-hybridized carbons (Fsp3) is 0.455. The van der Waals surface area contributed by atoms with Crippen LogP contribution in [0.2, 0.25) is 0 Å². The van der Waals surface area contributed by atoms with Crippen molar-refractivity contribution in [2.45, 2.75) is 50.9 Å². The summed E-state index contributed by atoms with van der Waals surface area (Å²) in [4.78, 5) is 0. The molecule has 0 amide bonds. The average Bonchev–Trinajstić information content (AvgIpc) is 2.76. The maximum atomic E-state index is 14.1. The van der Waals surface area contributed by atoms with Crippen LogP contribution in [-0.4, -0.2) is 40.0 Å². The van der Waals surface area contributed by atoms with Crippen LogP contribution in [0, 0.1) is 0 Å². The van der Waals surface area contributed by atoms with E-state index in [1.807, 2.05) is 6.92 Å². The Morgan fingerprint density at radius 2 is 1.29 bits per heavy atom. The Hall–Kier alpha value is -1.84. The molecule has 0 aliphatic carbocycles. The van der Waals surface area contributed by atoms with Crippen LogP contribution in [0.15, 0.2) is 60.7 Å². The minimum Gasteiger partial charge on any atom is -0.388 e. The summed E-state index contributed by atoms with van der Waals surface area (Å²) in [5, 5.41) is 0.907. The Bertz CT molecular complexity index is 731. The highest BCUT2D eigenvalue weighted by atomic mass is 28.4. The third kappa shape index (κ3) is 6.82. The van der Waals surface area contributed by atoms with Gasteiger partial charge in [0.1, 0.15) is 6.61 Å². The number of halogens is 6. The van der Waals surface area contributed by atoms with E-state index in [4.69, 9.17) is 8.85 Å². The average molecular weight is 465 g/mol. The highest BCUT2D eigenvalue weighted by molar-refractivity contribution is 6.92. The predicted octanol–water partition coefficient (Wildman–Crippen LogP) is 5.39. The number of alkyl halides is 6. The van der Waals surface area contributed by atoms with Crippen LogP contribution in [0.4, 0.5) is 26.3 Å². The molecule has 172 valence electrons. The number of benzene rings is 2. The van der Waals surface area contributed by atoms with Gasteiger partial charge < -0.3 is 8.85 Å². The van der Waals surface area contributed by atoms with E-state index in [0.29, 0.717) is 16.8 Å². The number of hydrogen-bond acceptors (Lipinski definition) is 2. The van der Waals surface area contributed by atoms with Crippen molar-refractivity contribution in [2.75, 3.05) is 13.2 Å². The first-order valence-electron chi connectivity index (χ1n) is 10.1. The fourth-order valence-electron chi connectivity index (χ4n) is 3.11. The minimum absolute atomic E-state index is 0.180. The highest BCUT2D eigenvalue weighted by Crippen LogP contribution is 2.35. The Morgan fingerprint density at radius 1 is 0.774 bits per heavy atom. The Labute approximate surface area is 179 Å². The Morgan fingerprint density at radius 3 is 1.74 bits per heavy atom. The molecule has 1 atom stereocenters. The summed E-state index contributed by atoms with van der Waals surface area (Å²) in [5.41, 5.74) is 0. The van der Waals surface area contributed by atoms with Crippen molar-refractivity contribution in [3.8, 4) is 0 Å². The second-order valence-electron chi connectivity index (χ2n) is 7.21. The van der Waals surface area contributed by atoms with Crippen molar-refractivity contribution >= 4 is 18.9 Å². The number of hydrogen-bond donors (Lipinski definition) is 0. The monoisotopic (exact) mass is 464 g/mol. The van der Waals surface area contributed by atoms with Crippen LogP contribution < -0.4 is 10.4 Å². The molecule has 2 nitrogen and oxygen atoms in total. The van der Waals surface area contributed by atoms with E-state index in [9.17, 15) is 26.3 Å². The molecule has 2 aromatic carbocycles. The lowest BCUT2D eigenvalue weighted by Crippen LogP contribution is -2.65. The first kappa shape index (κ1) is 25.4. The van der Waals surface area contributed by atoms with E-state index in [1.54, 1.807) is 60.7 Å². The van der Waals surface area contributed by atoms with Gasteiger partial charge in [-0.15, -0.1) is 0 Å². The first-order valence-corrected chi connectivity index (χ1v) is 11.9. The third-order valence-electron chi connectivity index (χ3n) is 4.74. The smallest absolute Gasteiger partial charge is 0.388 e. The van der Waals surface area contributed by atoms with Gasteiger partial charge in [-0.1, -0.05) is 86.8 Å². The van der Waals surface area contributed by atoms with Gasteiger partial charge >= 0.3 is 20.7 Å². The summed E-state index contributed by atoms with van der Waals surface area (Å²) >= 11 is 0. The van der Waals surface area contributed by atoms with Gasteiger partial charge in [-0.2, -0.15) is 13.2 Å². The predicted molar refractivity (Wildman–Crippen MR) is 110 cm³/mol. The van der Waals surface area contributed by atoms with E-state index in [-0.39, 0.29) is 6.61 Å². The Balaban J connectivity index is 2.40. The molecular weight excluding hydrogens is 438 g/mol. The van der Waals surface area contributed by atoms with Gasteiger partial charge in [0.15, 0.2) is 0 Å². The lowest BCUT2D eigenvalue weighted by atomic mass is 10.2.